The Labute approximate surface area is 77.1 Å². The Morgan fingerprint density at radius 3 is 2.92 bits per heavy atom. The quantitative estimate of drug-likeness (QED) is 0.637. The molecule has 0 fully saturated rings. The first-order valence-electron chi connectivity index (χ1n) is 4.22. The second-order valence-electron chi connectivity index (χ2n) is 3.03. The van der Waals surface area contributed by atoms with Crippen LogP contribution in [0.15, 0.2) is 49.4 Å². The van der Waals surface area contributed by atoms with Crippen molar-refractivity contribution in [2.45, 2.75) is 12.0 Å². The lowest BCUT2D eigenvalue weighted by Gasteiger charge is -2.27. The SMILES string of the molecule is C=CC1(n2ccnn2)C=CC=CC1. The third-order valence-electron chi connectivity index (χ3n) is 2.28. The number of rotatable bonds is 2. The maximum absolute atomic E-state index is 3.99. The van der Waals surface area contributed by atoms with Crippen LogP contribution in [0.5, 0.6) is 0 Å². The van der Waals surface area contributed by atoms with Crippen molar-refractivity contribution in [1.29, 1.82) is 0 Å². The molecule has 0 N–H and O–H groups in total. The number of allylic oxidation sites excluding steroid dienone is 5. The summed E-state index contributed by atoms with van der Waals surface area (Å²) in [5.74, 6) is 0. The topological polar surface area (TPSA) is 30.7 Å². The molecule has 66 valence electrons. The fourth-order valence-electron chi connectivity index (χ4n) is 1.47. The van der Waals surface area contributed by atoms with Crippen molar-refractivity contribution in [1.82, 2.24) is 15.0 Å². The molecule has 0 bridgehead atoms. The fourth-order valence-corrected chi connectivity index (χ4v) is 1.47. The lowest BCUT2D eigenvalue weighted by Crippen LogP contribution is -2.30. The summed E-state index contributed by atoms with van der Waals surface area (Å²) in [5, 5.41) is 7.79. The van der Waals surface area contributed by atoms with E-state index in [9.17, 15) is 0 Å². The van der Waals surface area contributed by atoms with E-state index in [2.05, 4.69) is 29.0 Å². The van der Waals surface area contributed by atoms with Gasteiger partial charge in [-0.25, -0.2) is 4.68 Å². The van der Waals surface area contributed by atoms with Crippen molar-refractivity contribution >= 4 is 0 Å². The van der Waals surface area contributed by atoms with Crippen LogP contribution in [0.1, 0.15) is 6.42 Å². The highest BCUT2D eigenvalue weighted by molar-refractivity contribution is 5.24. The predicted molar refractivity (Wildman–Crippen MR) is 51.1 cm³/mol. The van der Waals surface area contributed by atoms with Crippen LogP contribution in [0.3, 0.4) is 0 Å². The van der Waals surface area contributed by atoms with Gasteiger partial charge in [-0.3, -0.25) is 0 Å². The van der Waals surface area contributed by atoms with Crippen LogP contribution in [0.4, 0.5) is 0 Å². The Balaban J connectivity index is 2.42. The van der Waals surface area contributed by atoms with Crippen molar-refractivity contribution in [3.63, 3.8) is 0 Å². The lowest BCUT2D eigenvalue weighted by atomic mass is 9.92. The van der Waals surface area contributed by atoms with Gasteiger partial charge in [0, 0.05) is 6.20 Å². The summed E-state index contributed by atoms with van der Waals surface area (Å²) in [6.45, 7) is 3.84. The zero-order valence-electron chi connectivity index (χ0n) is 7.30. The second kappa shape index (κ2) is 3.01. The molecule has 0 spiro atoms. The molecule has 1 aliphatic rings. The van der Waals surface area contributed by atoms with E-state index in [1.165, 1.54) is 0 Å². The highest BCUT2D eigenvalue weighted by Crippen LogP contribution is 2.26. The third kappa shape index (κ3) is 1.22. The summed E-state index contributed by atoms with van der Waals surface area (Å²) >= 11 is 0. The molecule has 1 heterocycles. The van der Waals surface area contributed by atoms with Crippen LogP contribution in [0.2, 0.25) is 0 Å². The van der Waals surface area contributed by atoms with Crippen LogP contribution in [0, 0.1) is 0 Å². The molecule has 1 aliphatic carbocycles. The molecule has 2 rings (SSSR count). The van der Waals surface area contributed by atoms with Gasteiger partial charge in [0.2, 0.25) is 0 Å². The minimum atomic E-state index is -0.217. The van der Waals surface area contributed by atoms with E-state index in [4.69, 9.17) is 0 Å². The molecular weight excluding hydrogens is 162 g/mol. The Bertz CT molecular complexity index is 348. The van der Waals surface area contributed by atoms with Crippen LogP contribution in [0.25, 0.3) is 0 Å². The number of hydrogen-bond acceptors (Lipinski definition) is 2. The largest absolute Gasteiger partial charge is 0.238 e. The van der Waals surface area contributed by atoms with Crippen LogP contribution >= 0.6 is 0 Å². The van der Waals surface area contributed by atoms with Gasteiger partial charge >= 0.3 is 0 Å². The standard InChI is InChI=1S/C10H11N3/c1-2-10(6-4-3-5-7-10)13-9-8-11-12-13/h2-6,8-9H,1,7H2. The molecule has 0 saturated carbocycles. The molecule has 13 heavy (non-hydrogen) atoms. The molecular formula is C10H11N3. The summed E-state index contributed by atoms with van der Waals surface area (Å²) in [6, 6.07) is 0. The predicted octanol–water partition coefficient (Wildman–Crippen LogP) is 1.68. The normalized spacial score (nSPS) is 26.2. The summed E-state index contributed by atoms with van der Waals surface area (Å²) in [7, 11) is 0. The monoisotopic (exact) mass is 173 g/mol. The Kier molecular flexibility index (Phi) is 1.85. The molecule has 0 aliphatic heterocycles. The van der Waals surface area contributed by atoms with E-state index in [-0.39, 0.29) is 5.54 Å². The van der Waals surface area contributed by atoms with Gasteiger partial charge in [0.25, 0.3) is 0 Å². The second-order valence-corrected chi connectivity index (χ2v) is 3.03. The third-order valence-corrected chi connectivity index (χ3v) is 2.28. The van der Waals surface area contributed by atoms with Gasteiger partial charge in [0.1, 0.15) is 5.54 Å². The van der Waals surface area contributed by atoms with Crippen molar-refractivity contribution in [3.8, 4) is 0 Å². The van der Waals surface area contributed by atoms with E-state index >= 15 is 0 Å². The Morgan fingerprint density at radius 2 is 2.38 bits per heavy atom. The Hall–Kier alpha value is -1.64. The van der Waals surface area contributed by atoms with Crippen LogP contribution in [-0.2, 0) is 5.54 Å². The minimum Gasteiger partial charge on any atom is -0.238 e. The van der Waals surface area contributed by atoms with Gasteiger partial charge < -0.3 is 0 Å². The van der Waals surface area contributed by atoms with Crippen LogP contribution < -0.4 is 0 Å². The van der Waals surface area contributed by atoms with Gasteiger partial charge in [-0.1, -0.05) is 35.6 Å². The average Bonchev–Trinajstić information content (AvgIpc) is 2.72. The number of hydrogen-bond donors (Lipinski definition) is 0. The van der Waals surface area contributed by atoms with E-state index in [0.717, 1.165) is 6.42 Å². The minimum absolute atomic E-state index is 0.217. The molecule has 0 amide bonds. The summed E-state index contributed by atoms with van der Waals surface area (Å²) in [5.41, 5.74) is -0.217. The summed E-state index contributed by atoms with van der Waals surface area (Å²) in [6.07, 6.45) is 14.5. The molecule has 3 heteroatoms. The van der Waals surface area contributed by atoms with Crippen molar-refractivity contribution in [2.24, 2.45) is 0 Å². The smallest absolute Gasteiger partial charge is 0.104 e. The van der Waals surface area contributed by atoms with Gasteiger partial charge in [-0.15, -0.1) is 11.7 Å². The van der Waals surface area contributed by atoms with Crippen molar-refractivity contribution < 1.29 is 0 Å². The zero-order valence-corrected chi connectivity index (χ0v) is 7.30. The molecule has 1 aromatic rings. The van der Waals surface area contributed by atoms with Gasteiger partial charge in [0.05, 0.1) is 6.20 Å². The molecule has 0 aromatic carbocycles. The van der Waals surface area contributed by atoms with E-state index in [1.54, 1.807) is 6.20 Å². The lowest BCUT2D eigenvalue weighted by molar-refractivity contribution is 0.409. The molecule has 1 aromatic heterocycles. The first kappa shape index (κ1) is 7.98. The fraction of sp³-hybridized carbons (Fsp3) is 0.200. The molecule has 3 nitrogen and oxygen atoms in total. The van der Waals surface area contributed by atoms with Crippen molar-refractivity contribution in [3.05, 3.63) is 49.4 Å². The van der Waals surface area contributed by atoms with E-state index < -0.39 is 0 Å². The van der Waals surface area contributed by atoms with Gasteiger partial charge in [-0.2, -0.15) is 0 Å². The summed E-state index contributed by atoms with van der Waals surface area (Å²) < 4.78 is 1.82. The van der Waals surface area contributed by atoms with E-state index in [1.807, 2.05) is 29.1 Å². The van der Waals surface area contributed by atoms with Gasteiger partial charge in [0.15, 0.2) is 0 Å². The van der Waals surface area contributed by atoms with E-state index in [0.29, 0.717) is 0 Å². The van der Waals surface area contributed by atoms with Crippen molar-refractivity contribution in [2.75, 3.05) is 0 Å². The molecule has 0 saturated heterocycles. The molecule has 1 unspecified atom stereocenters. The number of nitrogens with zero attached hydrogens (tertiary/aromatic N) is 3. The maximum atomic E-state index is 3.99. The molecule has 1 atom stereocenters. The maximum Gasteiger partial charge on any atom is 0.104 e. The first-order chi connectivity index (χ1) is 6.37. The highest BCUT2D eigenvalue weighted by atomic mass is 15.4. The Morgan fingerprint density at radius 1 is 1.46 bits per heavy atom. The first-order valence-corrected chi connectivity index (χ1v) is 4.22. The van der Waals surface area contributed by atoms with Gasteiger partial charge in [-0.05, 0) is 6.42 Å². The van der Waals surface area contributed by atoms with Crippen LogP contribution in [-0.4, -0.2) is 15.0 Å². The molecule has 0 radical (unpaired) electrons. The summed E-state index contributed by atoms with van der Waals surface area (Å²) in [4.78, 5) is 0. The number of aromatic nitrogens is 3. The highest BCUT2D eigenvalue weighted by Gasteiger charge is 2.25. The zero-order chi connectivity index (χ0) is 9.15. The average molecular weight is 173 g/mol.